The predicted molar refractivity (Wildman–Crippen MR) is 88.3 cm³/mol. The van der Waals surface area contributed by atoms with Crippen LogP contribution in [0.4, 0.5) is 0 Å². The molecule has 2 heterocycles. The van der Waals surface area contributed by atoms with Crippen molar-refractivity contribution in [2.24, 2.45) is 0 Å². The number of hydrogen-bond donors (Lipinski definition) is 0. The molecular formula is C15H10Cl2N2S. The Labute approximate surface area is 131 Å². The van der Waals surface area contributed by atoms with Crippen LogP contribution in [-0.2, 0) is 0 Å². The van der Waals surface area contributed by atoms with Crippen molar-refractivity contribution in [3.63, 3.8) is 0 Å². The highest BCUT2D eigenvalue weighted by Gasteiger charge is 2.11. The van der Waals surface area contributed by atoms with Crippen molar-refractivity contribution in [1.82, 2.24) is 9.38 Å². The van der Waals surface area contributed by atoms with Crippen LogP contribution in [0.2, 0.25) is 5.02 Å². The van der Waals surface area contributed by atoms with Crippen LogP contribution in [0.3, 0.4) is 0 Å². The normalized spacial score (nSPS) is 10.8. The maximum absolute atomic E-state index is 5.95. The summed E-state index contributed by atoms with van der Waals surface area (Å²) in [6.45, 7) is 0. The smallest absolute Gasteiger partial charge is 0.195 e. The van der Waals surface area contributed by atoms with Gasteiger partial charge in [-0.15, -0.1) is 23.7 Å². The first-order valence-corrected chi connectivity index (χ1v) is 7.19. The third-order valence-electron chi connectivity index (χ3n) is 3.19. The molecular weight excluding hydrogens is 311 g/mol. The molecule has 0 unspecified atom stereocenters. The molecule has 100 valence electrons. The largest absolute Gasteiger partial charge is 0.283 e. The van der Waals surface area contributed by atoms with Crippen molar-refractivity contribution < 1.29 is 0 Å². The Morgan fingerprint density at radius 1 is 1.00 bits per heavy atom. The van der Waals surface area contributed by atoms with Gasteiger partial charge in [-0.3, -0.25) is 4.40 Å². The van der Waals surface area contributed by atoms with E-state index < -0.39 is 0 Å². The van der Waals surface area contributed by atoms with Gasteiger partial charge in [0.15, 0.2) is 4.96 Å². The standard InChI is InChI=1S/C15H9ClN2S.ClH/c16-11-7-5-10(6-8-11)14-9-19-15-17-12-3-1-2-4-13(12)18(14)15;/h1-9H;1H. The fourth-order valence-electron chi connectivity index (χ4n) is 2.29. The van der Waals surface area contributed by atoms with Gasteiger partial charge >= 0.3 is 0 Å². The predicted octanol–water partition coefficient (Wildman–Crippen LogP) is 5.29. The summed E-state index contributed by atoms with van der Waals surface area (Å²) in [5.41, 5.74) is 4.48. The number of imidazole rings is 1. The summed E-state index contributed by atoms with van der Waals surface area (Å²) < 4.78 is 2.20. The lowest BCUT2D eigenvalue weighted by atomic mass is 10.2. The molecule has 0 N–H and O–H groups in total. The van der Waals surface area contributed by atoms with E-state index in [1.807, 2.05) is 42.5 Å². The van der Waals surface area contributed by atoms with Crippen molar-refractivity contribution in [3.05, 3.63) is 58.9 Å². The third kappa shape index (κ3) is 1.99. The zero-order valence-corrected chi connectivity index (χ0v) is 12.7. The summed E-state index contributed by atoms with van der Waals surface area (Å²) in [5.74, 6) is 0. The van der Waals surface area contributed by atoms with Crippen molar-refractivity contribution in [3.8, 4) is 11.3 Å². The van der Waals surface area contributed by atoms with E-state index in [2.05, 4.69) is 20.8 Å². The van der Waals surface area contributed by atoms with Crippen LogP contribution < -0.4 is 0 Å². The molecule has 0 radical (unpaired) electrons. The first-order chi connectivity index (χ1) is 9.33. The summed E-state index contributed by atoms with van der Waals surface area (Å²) >= 11 is 7.61. The Hall–Kier alpha value is -1.55. The van der Waals surface area contributed by atoms with Crippen LogP contribution in [0, 0.1) is 0 Å². The number of para-hydroxylation sites is 2. The van der Waals surface area contributed by atoms with Gasteiger partial charge in [0.05, 0.1) is 16.7 Å². The van der Waals surface area contributed by atoms with Crippen molar-refractivity contribution in [2.45, 2.75) is 0 Å². The highest BCUT2D eigenvalue weighted by Crippen LogP contribution is 2.30. The van der Waals surface area contributed by atoms with Crippen LogP contribution in [0.25, 0.3) is 27.3 Å². The topological polar surface area (TPSA) is 17.3 Å². The van der Waals surface area contributed by atoms with Crippen LogP contribution in [0.1, 0.15) is 0 Å². The molecule has 0 atom stereocenters. The second kappa shape index (κ2) is 5.09. The van der Waals surface area contributed by atoms with E-state index in [0.29, 0.717) is 0 Å². The summed E-state index contributed by atoms with van der Waals surface area (Å²) in [6.07, 6.45) is 0. The molecule has 0 saturated heterocycles. The van der Waals surface area contributed by atoms with Gasteiger partial charge < -0.3 is 0 Å². The molecule has 0 spiro atoms. The fraction of sp³-hybridized carbons (Fsp3) is 0. The van der Waals surface area contributed by atoms with Gasteiger partial charge in [-0.25, -0.2) is 4.98 Å². The van der Waals surface area contributed by atoms with Crippen LogP contribution >= 0.6 is 35.3 Å². The third-order valence-corrected chi connectivity index (χ3v) is 4.26. The number of nitrogens with zero attached hydrogens (tertiary/aromatic N) is 2. The molecule has 4 rings (SSSR count). The fourth-order valence-corrected chi connectivity index (χ4v) is 3.33. The lowest BCUT2D eigenvalue weighted by Crippen LogP contribution is -1.85. The first kappa shape index (κ1) is 13.4. The highest BCUT2D eigenvalue weighted by atomic mass is 35.5. The molecule has 0 bridgehead atoms. The minimum atomic E-state index is 0. The highest BCUT2D eigenvalue weighted by molar-refractivity contribution is 7.15. The Kier molecular flexibility index (Phi) is 3.42. The Morgan fingerprint density at radius 3 is 2.55 bits per heavy atom. The average molecular weight is 321 g/mol. The van der Waals surface area contributed by atoms with Gasteiger partial charge in [0.2, 0.25) is 0 Å². The number of hydrogen-bond acceptors (Lipinski definition) is 2. The molecule has 0 fully saturated rings. The van der Waals surface area contributed by atoms with Gasteiger partial charge in [0, 0.05) is 10.4 Å². The van der Waals surface area contributed by atoms with E-state index in [4.69, 9.17) is 11.6 Å². The molecule has 2 aromatic carbocycles. The van der Waals surface area contributed by atoms with E-state index in [1.54, 1.807) is 11.3 Å². The second-order valence-electron chi connectivity index (χ2n) is 4.35. The van der Waals surface area contributed by atoms with Crippen molar-refractivity contribution in [1.29, 1.82) is 0 Å². The lowest BCUT2D eigenvalue weighted by molar-refractivity contribution is 1.28. The molecule has 0 saturated carbocycles. The Balaban J connectivity index is 0.00000121. The van der Waals surface area contributed by atoms with E-state index in [-0.39, 0.29) is 12.4 Å². The van der Waals surface area contributed by atoms with Crippen molar-refractivity contribution in [2.75, 3.05) is 0 Å². The number of aromatic nitrogens is 2. The maximum Gasteiger partial charge on any atom is 0.195 e. The molecule has 2 aromatic heterocycles. The minimum Gasteiger partial charge on any atom is -0.283 e. The number of halogens is 2. The van der Waals surface area contributed by atoms with E-state index in [9.17, 15) is 0 Å². The van der Waals surface area contributed by atoms with Gasteiger partial charge in [0.1, 0.15) is 0 Å². The molecule has 0 amide bonds. The van der Waals surface area contributed by atoms with Crippen LogP contribution in [0.15, 0.2) is 53.9 Å². The number of thiazole rings is 1. The Bertz CT molecular complexity index is 878. The summed E-state index contributed by atoms with van der Waals surface area (Å²) in [4.78, 5) is 5.65. The molecule has 2 nitrogen and oxygen atoms in total. The summed E-state index contributed by atoms with van der Waals surface area (Å²) in [6, 6.07) is 16.1. The van der Waals surface area contributed by atoms with Gasteiger partial charge in [-0.05, 0) is 29.8 Å². The second-order valence-corrected chi connectivity index (χ2v) is 5.62. The Morgan fingerprint density at radius 2 is 1.75 bits per heavy atom. The SMILES string of the molecule is Cl.Clc1ccc(-c2csc3nc4ccccc4n23)cc1. The first-order valence-electron chi connectivity index (χ1n) is 5.93. The van der Waals surface area contributed by atoms with Crippen LogP contribution in [0.5, 0.6) is 0 Å². The zero-order valence-electron chi connectivity index (χ0n) is 10.3. The minimum absolute atomic E-state index is 0. The van der Waals surface area contributed by atoms with Gasteiger partial charge in [0.25, 0.3) is 0 Å². The summed E-state index contributed by atoms with van der Waals surface area (Å²) in [5, 5.41) is 2.89. The van der Waals surface area contributed by atoms with Crippen molar-refractivity contribution >= 4 is 51.3 Å². The lowest BCUT2D eigenvalue weighted by Gasteiger charge is -2.01. The molecule has 0 aliphatic heterocycles. The zero-order chi connectivity index (χ0) is 12.8. The number of fused-ring (bicyclic) bond motifs is 3. The molecule has 20 heavy (non-hydrogen) atoms. The van der Waals surface area contributed by atoms with Gasteiger partial charge in [-0.1, -0.05) is 35.9 Å². The number of rotatable bonds is 1. The average Bonchev–Trinajstić information content (AvgIpc) is 2.98. The van der Waals surface area contributed by atoms with Crippen LogP contribution in [-0.4, -0.2) is 9.38 Å². The van der Waals surface area contributed by atoms with E-state index in [0.717, 1.165) is 32.3 Å². The maximum atomic E-state index is 5.95. The molecule has 5 heteroatoms. The van der Waals surface area contributed by atoms with E-state index in [1.165, 1.54) is 0 Å². The van der Waals surface area contributed by atoms with Gasteiger partial charge in [-0.2, -0.15) is 0 Å². The summed E-state index contributed by atoms with van der Waals surface area (Å²) in [7, 11) is 0. The van der Waals surface area contributed by atoms with E-state index >= 15 is 0 Å². The number of benzene rings is 2. The monoisotopic (exact) mass is 320 g/mol. The quantitative estimate of drug-likeness (QED) is 0.465. The molecule has 0 aliphatic carbocycles. The molecule has 0 aliphatic rings. The molecule has 4 aromatic rings.